The molecule has 0 saturated carbocycles. The standard InChI is InChI=1S/C25H21ClN4O2S3/c1-2-33-25-29-24(35-30-25)28-23(32)21(16-7-4-3-5-8-16)34-20-13-11-19(12-14-20)27-22(31)17-9-6-10-18(26)15-17/h3-15,21H,2H2,1H3,(H,27,31)(H,28,29,30,32). The number of amides is 2. The molecule has 1 aromatic heterocycles. The Morgan fingerprint density at radius 2 is 1.77 bits per heavy atom. The molecule has 0 aliphatic carbocycles. The molecule has 6 nitrogen and oxygen atoms in total. The largest absolute Gasteiger partial charge is 0.322 e. The van der Waals surface area contributed by atoms with Crippen molar-refractivity contribution in [3.63, 3.8) is 0 Å². The third-order valence-electron chi connectivity index (χ3n) is 4.70. The van der Waals surface area contributed by atoms with E-state index in [2.05, 4.69) is 20.0 Å². The predicted molar refractivity (Wildman–Crippen MR) is 146 cm³/mol. The minimum atomic E-state index is -0.491. The summed E-state index contributed by atoms with van der Waals surface area (Å²) in [7, 11) is 0. The molecule has 4 rings (SSSR count). The zero-order valence-electron chi connectivity index (χ0n) is 18.6. The molecule has 0 saturated heterocycles. The summed E-state index contributed by atoms with van der Waals surface area (Å²) in [5, 5.41) is 6.92. The van der Waals surface area contributed by atoms with Crippen molar-refractivity contribution in [3.8, 4) is 0 Å². The fraction of sp³-hybridized carbons (Fsp3) is 0.120. The van der Waals surface area contributed by atoms with Crippen molar-refractivity contribution in [1.82, 2.24) is 9.36 Å². The minimum absolute atomic E-state index is 0.177. The third-order valence-corrected chi connectivity index (χ3v) is 7.68. The molecular formula is C25H21ClN4O2S3. The van der Waals surface area contributed by atoms with Crippen LogP contribution in [0.3, 0.4) is 0 Å². The molecular weight excluding hydrogens is 520 g/mol. The van der Waals surface area contributed by atoms with Crippen LogP contribution in [0.1, 0.15) is 28.1 Å². The number of rotatable bonds is 9. The highest BCUT2D eigenvalue weighted by molar-refractivity contribution is 8.00. The van der Waals surface area contributed by atoms with Gasteiger partial charge in [-0.15, -0.1) is 11.8 Å². The molecule has 0 aliphatic rings. The van der Waals surface area contributed by atoms with Gasteiger partial charge in [0.2, 0.25) is 16.2 Å². The minimum Gasteiger partial charge on any atom is -0.322 e. The molecule has 2 amide bonds. The van der Waals surface area contributed by atoms with E-state index in [4.69, 9.17) is 11.6 Å². The second-order valence-corrected chi connectivity index (χ2v) is 10.8. The first kappa shape index (κ1) is 25.2. The number of carbonyl (C=O) groups is 2. The molecule has 0 spiro atoms. The second kappa shape index (κ2) is 12.2. The molecule has 4 aromatic rings. The van der Waals surface area contributed by atoms with Crippen molar-refractivity contribution in [2.45, 2.75) is 22.2 Å². The van der Waals surface area contributed by atoms with Crippen LogP contribution in [0, 0.1) is 0 Å². The Balaban J connectivity index is 1.46. The number of nitrogens with one attached hydrogen (secondary N) is 2. The van der Waals surface area contributed by atoms with Gasteiger partial charge in [-0.2, -0.15) is 9.36 Å². The van der Waals surface area contributed by atoms with E-state index >= 15 is 0 Å². The highest BCUT2D eigenvalue weighted by Gasteiger charge is 2.23. The fourth-order valence-corrected chi connectivity index (χ4v) is 5.59. The van der Waals surface area contributed by atoms with Crippen LogP contribution in [-0.2, 0) is 4.79 Å². The van der Waals surface area contributed by atoms with Gasteiger partial charge in [-0.05, 0) is 53.8 Å². The van der Waals surface area contributed by atoms with E-state index < -0.39 is 5.25 Å². The quantitative estimate of drug-likeness (QED) is 0.222. The first-order chi connectivity index (χ1) is 17.0. The summed E-state index contributed by atoms with van der Waals surface area (Å²) >= 11 is 10.1. The first-order valence-corrected chi connectivity index (χ1v) is 13.7. The summed E-state index contributed by atoms with van der Waals surface area (Å²) < 4.78 is 4.27. The molecule has 0 aliphatic heterocycles. The van der Waals surface area contributed by atoms with Gasteiger partial charge in [0.1, 0.15) is 5.25 Å². The zero-order chi connectivity index (χ0) is 24.6. The Hall–Kier alpha value is -2.85. The third kappa shape index (κ3) is 7.08. The van der Waals surface area contributed by atoms with E-state index in [1.807, 2.05) is 61.5 Å². The van der Waals surface area contributed by atoms with E-state index in [9.17, 15) is 9.59 Å². The summed E-state index contributed by atoms with van der Waals surface area (Å²) in [6.45, 7) is 2.03. The number of halogens is 1. The maximum absolute atomic E-state index is 13.2. The molecule has 1 atom stereocenters. The number of hydrogen-bond donors (Lipinski definition) is 2. The first-order valence-electron chi connectivity index (χ1n) is 10.7. The molecule has 3 aromatic carbocycles. The molecule has 0 bridgehead atoms. The molecule has 0 radical (unpaired) electrons. The van der Waals surface area contributed by atoms with Crippen molar-refractivity contribution in [3.05, 3.63) is 95.0 Å². The van der Waals surface area contributed by atoms with Crippen molar-refractivity contribution < 1.29 is 9.59 Å². The van der Waals surface area contributed by atoms with Crippen LogP contribution in [0.2, 0.25) is 5.02 Å². The average Bonchev–Trinajstić information content (AvgIpc) is 3.31. The summed E-state index contributed by atoms with van der Waals surface area (Å²) in [6, 6.07) is 23.7. The smallest absolute Gasteiger partial charge is 0.255 e. The summed E-state index contributed by atoms with van der Waals surface area (Å²) in [4.78, 5) is 31.0. The number of benzene rings is 3. The van der Waals surface area contributed by atoms with Gasteiger partial charge in [0, 0.05) is 32.7 Å². The van der Waals surface area contributed by atoms with Crippen LogP contribution in [0.5, 0.6) is 0 Å². The van der Waals surface area contributed by atoms with E-state index in [1.54, 1.807) is 24.3 Å². The predicted octanol–water partition coefficient (Wildman–Crippen LogP) is 7.03. The van der Waals surface area contributed by atoms with Crippen molar-refractivity contribution in [2.75, 3.05) is 16.4 Å². The van der Waals surface area contributed by atoms with Crippen molar-refractivity contribution in [1.29, 1.82) is 0 Å². The highest BCUT2D eigenvalue weighted by Crippen LogP contribution is 2.37. The zero-order valence-corrected chi connectivity index (χ0v) is 21.8. The Labute approximate surface area is 221 Å². The van der Waals surface area contributed by atoms with Crippen molar-refractivity contribution >= 4 is 69.3 Å². The Kier molecular flexibility index (Phi) is 8.81. The van der Waals surface area contributed by atoms with E-state index in [0.29, 0.717) is 26.6 Å². The maximum Gasteiger partial charge on any atom is 0.255 e. The van der Waals surface area contributed by atoms with Gasteiger partial charge in [-0.25, -0.2) is 0 Å². The van der Waals surface area contributed by atoms with Crippen LogP contribution in [0.25, 0.3) is 0 Å². The summed E-state index contributed by atoms with van der Waals surface area (Å²) in [5.74, 6) is 0.443. The summed E-state index contributed by atoms with van der Waals surface area (Å²) in [6.07, 6.45) is 0. The van der Waals surface area contributed by atoms with Crippen LogP contribution >= 0.6 is 46.7 Å². The van der Waals surface area contributed by atoms with Crippen molar-refractivity contribution in [2.24, 2.45) is 0 Å². The van der Waals surface area contributed by atoms with Crippen LogP contribution in [-0.4, -0.2) is 26.9 Å². The molecule has 0 fully saturated rings. The normalized spacial score (nSPS) is 11.6. The van der Waals surface area contributed by atoms with Gasteiger partial charge in [-0.1, -0.05) is 66.7 Å². The lowest BCUT2D eigenvalue weighted by atomic mass is 10.1. The van der Waals surface area contributed by atoms with Crippen LogP contribution < -0.4 is 10.6 Å². The van der Waals surface area contributed by atoms with E-state index in [1.165, 1.54) is 35.1 Å². The molecule has 178 valence electrons. The second-order valence-electron chi connectivity index (χ2n) is 7.20. The number of thioether (sulfide) groups is 2. The highest BCUT2D eigenvalue weighted by atomic mass is 35.5. The molecule has 1 heterocycles. The van der Waals surface area contributed by atoms with E-state index in [-0.39, 0.29) is 11.8 Å². The van der Waals surface area contributed by atoms with E-state index in [0.717, 1.165) is 16.2 Å². The average molecular weight is 541 g/mol. The molecule has 1 unspecified atom stereocenters. The summed E-state index contributed by atoms with van der Waals surface area (Å²) in [5.41, 5.74) is 2.00. The SMILES string of the molecule is CCSc1nsc(NC(=O)C(Sc2ccc(NC(=O)c3cccc(Cl)c3)cc2)c2ccccc2)n1. The monoisotopic (exact) mass is 540 g/mol. The molecule has 10 heteroatoms. The van der Waals surface area contributed by atoms with Gasteiger partial charge in [0.05, 0.1) is 0 Å². The molecule has 35 heavy (non-hydrogen) atoms. The number of carbonyl (C=O) groups excluding carboxylic acids is 2. The molecule has 2 N–H and O–H groups in total. The number of anilines is 2. The lowest BCUT2D eigenvalue weighted by Gasteiger charge is -2.16. The number of hydrogen-bond acceptors (Lipinski definition) is 7. The van der Waals surface area contributed by atoms with Gasteiger partial charge >= 0.3 is 0 Å². The maximum atomic E-state index is 13.2. The fourth-order valence-electron chi connectivity index (χ4n) is 3.11. The van der Waals surface area contributed by atoms with Crippen LogP contribution in [0.15, 0.2) is 88.9 Å². The van der Waals surface area contributed by atoms with Gasteiger partial charge < -0.3 is 5.32 Å². The topological polar surface area (TPSA) is 84.0 Å². The Morgan fingerprint density at radius 3 is 2.49 bits per heavy atom. The van der Waals surface area contributed by atoms with Gasteiger partial charge in [0.25, 0.3) is 5.91 Å². The number of aromatic nitrogens is 2. The van der Waals surface area contributed by atoms with Gasteiger partial charge in [-0.3, -0.25) is 14.9 Å². The lowest BCUT2D eigenvalue weighted by molar-refractivity contribution is -0.115. The lowest BCUT2D eigenvalue weighted by Crippen LogP contribution is -2.19. The Morgan fingerprint density at radius 1 is 1.00 bits per heavy atom. The number of nitrogens with zero attached hydrogens (tertiary/aromatic N) is 2. The van der Waals surface area contributed by atoms with Gasteiger partial charge in [0.15, 0.2) is 0 Å². The van der Waals surface area contributed by atoms with Crippen LogP contribution in [0.4, 0.5) is 10.8 Å². The Bertz CT molecular complexity index is 1300.